The predicted octanol–water partition coefficient (Wildman–Crippen LogP) is -4.13. The third-order valence-corrected chi connectivity index (χ3v) is 0. The van der Waals surface area contributed by atoms with Crippen molar-refractivity contribution in [3.63, 3.8) is 0 Å². The molecular formula is H10Mg2O6S. The number of hydrogen-bond acceptors (Lipinski definition) is 2. The van der Waals surface area contributed by atoms with Crippen LogP contribution in [0.5, 0.6) is 0 Å². The molecule has 0 aromatic carbocycles. The molecule has 0 spiro atoms. The van der Waals surface area contributed by atoms with Crippen LogP contribution >= 0.6 is 0 Å². The summed E-state index contributed by atoms with van der Waals surface area (Å²) in [4.78, 5) is 0. The maximum Gasteiger partial charge on any atom is 0.394 e. The minimum atomic E-state index is -4.67. The van der Waals surface area contributed by atoms with Gasteiger partial charge in [0.1, 0.15) is 0 Å². The van der Waals surface area contributed by atoms with Gasteiger partial charge in [-0.05, 0) is 0 Å². The average molecular weight is 187 g/mol. The van der Waals surface area contributed by atoms with Crippen LogP contribution < -0.4 is 0 Å². The Labute approximate surface area is 84.5 Å². The molecule has 0 aliphatic heterocycles. The third-order valence-electron chi connectivity index (χ3n) is 0. The highest BCUT2D eigenvalue weighted by atomic mass is 32.3. The van der Waals surface area contributed by atoms with Gasteiger partial charge in [-0.1, -0.05) is 0 Å². The third kappa shape index (κ3) is 286. The normalized spacial score (nSPS) is 6.44. The lowest BCUT2D eigenvalue weighted by atomic mass is 15.8. The Kier molecular flexibility index (Phi) is 42.4. The van der Waals surface area contributed by atoms with E-state index in [-0.39, 0.29) is 57.1 Å². The Morgan fingerprint density at radius 3 is 0.889 bits per heavy atom. The molecule has 0 aromatic heterocycles. The van der Waals surface area contributed by atoms with E-state index in [1.165, 1.54) is 0 Å². The second-order valence-electron chi connectivity index (χ2n) is 0.448. The molecule has 0 atom stereocenters. The summed E-state index contributed by atoms with van der Waals surface area (Å²) in [5.41, 5.74) is 0. The Balaban J connectivity index is -0.0000000133. The topological polar surface area (TPSA) is 138 Å². The van der Waals surface area contributed by atoms with E-state index >= 15 is 0 Å². The molecule has 0 fully saturated rings. The van der Waals surface area contributed by atoms with Crippen LogP contribution in [0.4, 0.5) is 0 Å². The Morgan fingerprint density at radius 1 is 0.889 bits per heavy atom. The molecule has 6 N–H and O–H groups in total. The minimum Gasteiger partial charge on any atom is -0.412 e. The van der Waals surface area contributed by atoms with E-state index < -0.39 is 10.4 Å². The van der Waals surface area contributed by atoms with Gasteiger partial charge in [-0.2, -0.15) is 8.42 Å². The SMILES string of the molecule is O.O.O=S(=O)(O)O.[MgH2].[MgH2]. The fourth-order valence-corrected chi connectivity index (χ4v) is 0. The molecule has 0 heterocycles. The molecule has 0 amide bonds. The van der Waals surface area contributed by atoms with Gasteiger partial charge >= 0.3 is 56.5 Å². The molecule has 0 saturated carbocycles. The summed E-state index contributed by atoms with van der Waals surface area (Å²) in [6.07, 6.45) is 0. The van der Waals surface area contributed by atoms with Gasteiger partial charge in [0.25, 0.3) is 0 Å². The second-order valence-corrected chi connectivity index (χ2v) is 1.34. The van der Waals surface area contributed by atoms with E-state index in [9.17, 15) is 0 Å². The molecule has 0 aromatic rings. The molecule has 56 valence electrons. The highest BCUT2D eigenvalue weighted by Gasteiger charge is 1.84. The average Bonchev–Trinajstić information content (AvgIpc) is 0.722. The number of rotatable bonds is 0. The molecular weight excluding hydrogens is 177 g/mol. The monoisotopic (exact) mass is 186 g/mol. The van der Waals surface area contributed by atoms with Crippen LogP contribution in [0.2, 0.25) is 0 Å². The summed E-state index contributed by atoms with van der Waals surface area (Å²) in [5.74, 6) is 0. The maximum atomic E-state index is 8.74. The van der Waals surface area contributed by atoms with Gasteiger partial charge in [0.05, 0.1) is 0 Å². The zero-order chi connectivity index (χ0) is 4.50. The highest BCUT2D eigenvalue weighted by Crippen LogP contribution is 1.59. The van der Waals surface area contributed by atoms with E-state index in [4.69, 9.17) is 17.5 Å². The lowest BCUT2D eigenvalue weighted by Gasteiger charge is -1.68. The molecule has 0 aliphatic rings. The van der Waals surface area contributed by atoms with Crippen molar-refractivity contribution in [3.8, 4) is 0 Å². The van der Waals surface area contributed by atoms with Gasteiger partial charge in [0.15, 0.2) is 0 Å². The molecule has 9 heteroatoms. The van der Waals surface area contributed by atoms with Gasteiger partial charge < -0.3 is 11.0 Å². The van der Waals surface area contributed by atoms with Gasteiger partial charge in [0.2, 0.25) is 0 Å². The van der Waals surface area contributed by atoms with Crippen molar-refractivity contribution < 1.29 is 28.5 Å². The van der Waals surface area contributed by atoms with E-state index in [0.29, 0.717) is 0 Å². The van der Waals surface area contributed by atoms with Crippen molar-refractivity contribution in [3.05, 3.63) is 0 Å². The first kappa shape index (κ1) is 31.7. The van der Waals surface area contributed by atoms with Gasteiger partial charge in [0, 0.05) is 0 Å². The quantitative estimate of drug-likeness (QED) is 0.293. The molecule has 9 heavy (non-hydrogen) atoms. The summed E-state index contributed by atoms with van der Waals surface area (Å²) in [6.45, 7) is 0. The van der Waals surface area contributed by atoms with Crippen LogP contribution in [-0.4, -0.2) is 74.6 Å². The first-order valence-electron chi connectivity index (χ1n) is 0.698. The highest BCUT2D eigenvalue weighted by molar-refractivity contribution is 7.79. The van der Waals surface area contributed by atoms with Gasteiger partial charge in [-0.25, -0.2) is 0 Å². The zero-order valence-electron chi connectivity index (χ0n) is 3.12. The van der Waals surface area contributed by atoms with Crippen LogP contribution in [0.1, 0.15) is 0 Å². The summed E-state index contributed by atoms with van der Waals surface area (Å²) in [5, 5.41) is 0. The van der Waals surface area contributed by atoms with Crippen LogP contribution in [0.15, 0.2) is 0 Å². The Hall–Kier alpha value is 1.32. The van der Waals surface area contributed by atoms with Gasteiger partial charge in [-0.3, -0.25) is 9.11 Å². The molecule has 0 unspecified atom stereocenters. The van der Waals surface area contributed by atoms with Crippen molar-refractivity contribution in [2.75, 3.05) is 0 Å². The van der Waals surface area contributed by atoms with Gasteiger partial charge in [-0.15, -0.1) is 0 Å². The fourth-order valence-electron chi connectivity index (χ4n) is 0. The van der Waals surface area contributed by atoms with E-state index in [0.717, 1.165) is 0 Å². The first-order chi connectivity index (χ1) is 2.00. The summed E-state index contributed by atoms with van der Waals surface area (Å²) >= 11 is 0. The van der Waals surface area contributed by atoms with E-state index in [1.54, 1.807) is 0 Å². The fraction of sp³-hybridized carbons (Fsp3) is 0. The summed E-state index contributed by atoms with van der Waals surface area (Å²) < 4.78 is 31.6. The second kappa shape index (κ2) is 12.0. The zero-order valence-corrected chi connectivity index (χ0v) is 3.94. The maximum absolute atomic E-state index is 8.74. The summed E-state index contributed by atoms with van der Waals surface area (Å²) in [6, 6.07) is 0. The molecule has 0 saturated heterocycles. The van der Waals surface area contributed by atoms with Crippen molar-refractivity contribution in [2.24, 2.45) is 0 Å². The summed E-state index contributed by atoms with van der Waals surface area (Å²) in [7, 11) is -4.67. The smallest absolute Gasteiger partial charge is 0.394 e. The van der Waals surface area contributed by atoms with Crippen molar-refractivity contribution >= 4 is 56.5 Å². The van der Waals surface area contributed by atoms with E-state index in [2.05, 4.69) is 0 Å². The number of hydrogen-bond donors (Lipinski definition) is 2. The minimum absolute atomic E-state index is 0. The Morgan fingerprint density at radius 2 is 0.889 bits per heavy atom. The standard InChI is InChI=1S/2Mg.H2O4S.2H2O.4H/c;;1-5(2,3)4;;;;;;/h;;(H2,1,2,3,4);2*1H2;;;;. The lowest BCUT2D eigenvalue weighted by molar-refractivity contribution is 0.381. The molecule has 0 aliphatic carbocycles. The van der Waals surface area contributed by atoms with Crippen LogP contribution in [0, 0.1) is 0 Å². The van der Waals surface area contributed by atoms with Crippen LogP contribution in [-0.2, 0) is 10.4 Å². The van der Waals surface area contributed by atoms with E-state index in [1.807, 2.05) is 0 Å². The first-order valence-corrected chi connectivity index (χ1v) is 2.10. The predicted molar refractivity (Wildman–Crippen MR) is 38.5 cm³/mol. The largest absolute Gasteiger partial charge is 0.412 e. The van der Waals surface area contributed by atoms with Crippen molar-refractivity contribution in [1.82, 2.24) is 0 Å². The van der Waals surface area contributed by atoms with Crippen molar-refractivity contribution in [1.29, 1.82) is 0 Å². The Bertz CT molecular complexity index is 94.2. The molecule has 6 nitrogen and oxygen atoms in total. The molecule has 0 bridgehead atoms. The molecule has 0 radical (unpaired) electrons. The van der Waals surface area contributed by atoms with Crippen LogP contribution in [0.3, 0.4) is 0 Å². The lowest BCUT2D eigenvalue weighted by Crippen LogP contribution is -1.89. The van der Waals surface area contributed by atoms with Crippen molar-refractivity contribution in [2.45, 2.75) is 0 Å². The van der Waals surface area contributed by atoms with Crippen LogP contribution in [0.25, 0.3) is 0 Å². The molecule has 0 rings (SSSR count).